The van der Waals surface area contributed by atoms with Crippen molar-refractivity contribution in [2.45, 2.75) is 36.4 Å². The average Bonchev–Trinajstić information content (AvgIpc) is 2.91. The molecule has 10 heteroatoms. The molecule has 9 nitrogen and oxygen atoms in total. The fraction of sp³-hybridized carbons (Fsp3) is 0.222. The molecule has 0 spiro atoms. The summed E-state index contributed by atoms with van der Waals surface area (Å²) in [6.45, 7) is 0.00755. The lowest BCUT2D eigenvalue weighted by atomic mass is 10.0. The van der Waals surface area contributed by atoms with Crippen molar-refractivity contribution in [2.75, 3.05) is 5.75 Å². The fourth-order valence-corrected chi connectivity index (χ4v) is 4.90. The summed E-state index contributed by atoms with van der Waals surface area (Å²) in [5, 5.41) is 5.03. The second-order valence-electron chi connectivity index (χ2n) is 8.33. The molecule has 0 radical (unpaired) electrons. The SMILES string of the molecule is NC(=O)[C@H](CCS(=O)(=O)c1ccccc1)NC(=O)[C@@H](Cc1ccccc1)NC(=O)OCc1ccccc1. The first-order chi connectivity index (χ1) is 17.7. The van der Waals surface area contributed by atoms with Gasteiger partial charge in [-0.3, -0.25) is 9.59 Å². The minimum Gasteiger partial charge on any atom is -0.445 e. The standard InChI is InChI=1S/C27H29N3O6S/c28-25(31)23(16-17-37(34,35)22-14-8-3-9-15-22)29-26(32)24(18-20-10-4-1-5-11-20)30-27(33)36-19-21-12-6-2-7-13-21/h1-15,23-24H,16-19H2,(H2,28,31)(H,29,32)(H,30,33)/t23-,24+/m0/s1. The van der Waals surface area contributed by atoms with E-state index in [1.807, 2.05) is 24.3 Å². The number of primary amides is 1. The number of nitrogens with two attached hydrogens (primary N) is 1. The van der Waals surface area contributed by atoms with Crippen molar-refractivity contribution in [3.63, 3.8) is 0 Å². The summed E-state index contributed by atoms with van der Waals surface area (Å²) in [6, 6.07) is 23.4. The Balaban J connectivity index is 1.67. The van der Waals surface area contributed by atoms with Crippen molar-refractivity contribution in [2.24, 2.45) is 5.73 Å². The molecule has 0 aliphatic carbocycles. The summed E-state index contributed by atoms with van der Waals surface area (Å²) in [4.78, 5) is 37.8. The monoisotopic (exact) mass is 523 g/mol. The van der Waals surface area contributed by atoms with Crippen LogP contribution < -0.4 is 16.4 Å². The van der Waals surface area contributed by atoms with Crippen LogP contribution >= 0.6 is 0 Å². The molecule has 0 aliphatic rings. The van der Waals surface area contributed by atoms with Crippen LogP contribution in [-0.2, 0) is 37.2 Å². The Morgan fingerprint density at radius 3 is 1.86 bits per heavy atom. The molecule has 4 N–H and O–H groups in total. The van der Waals surface area contributed by atoms with Gasteiger partial charge in [0.05, 0.1) is 10.6 Å². The van der Waals surface area contributed by atoms with E-state index in [1.165, 1.54) is 12.1 Å². The zero-order chi connectivity index (χ0) is 26.7. The number of rotatable bonds is 12. The smallest absolute Gasteiger partial charge is 0.408 e. The van der Waals surface area contributed by atoms with Crippen molar-refractivity contribution >= 4 is 27.7 Å². The van der Waals surface area contributed by atoms with Gasteiger partial charge in [-0.15, -0.1) is 0 Å². The molecule has 0 bridgehead atoms. The first-order valence-electron chi connectivity index (χ1n) is 11.6. The molecule has 0 aliphatic heterocycles. The number of hydrogen-bond acceptors (Lipinski definition) is 6. The van der Waals surface area contributed by atoms with E-state index < -0.39 is 45.6 Å². The van der Waals surface area contributed by atoms with E-state index in [-0.39, 0.29) is 24.3 Å². The molecule has 0 saturated heterocycles. The minimum atomic E-state index is -3.69. The van der Waals surface area contributed by atoms with E-state index >= 15 is 0 Å². The second kappa shape index (κ2) is 13.2. The highest BCUT2D eigenvalue weighted by Gasteiger charge is 2.28. The number of sulfone groups is 1. The Hall–Kier alpha value is -4.18. The third-order valence-electron chi connectivity index (χ3n) is 5.54. The summed E-state index contributed by atoms with van der Waals surface area (Å²) in [5.41, 5.74) is 6.99. The molecule has 0 saturated carbocycles. The van der Waals surface area contributed by atoms with Gasteiger partial charge in [0.25, 0.3) is 0 Å². The largest absolute Gasteiger partial charge is 0.445 e. The lowest BCUT2D eigenvalue weighted by molar-refractivity contribution is -0.128. The van der Waals surface area contributed by atoms with Gasteiger partial charge in [-0.2, -0.15) is 0 Å². The number of amides is 3. The Morgan fingerprint density at radius 2 is 1.30 bits per heavy atom. The summed E-state index contributed by atoms with van der Waals surface area (Å²) in [6.07, 6.45) is -0.933. The van der Waals surface area contributed by atoms with Crippen LogP contribution in [-0.4, -0.2) is 44.2 Å². The molecule has 3 rings (SSSR count). The fourth-order valence-electron chi connectivity index (χ4n) is 3.54. The van der Waals surface area contributed by atoms with Gasteiger partial charge >= 0.3 is 6.09 Å². The predicted molar refractivity (Wildman–Crippen MR) is 138 cm³/mol. The molecular formula is C27H29N3O6S. The van der Waals surface area contributed by atoms with E-state index in [4.69, 9.17) is 10.5 Å². The number of hydrogen-bond donors (Lipinski definition) is 3. The molecule has 3 aromatic rings. The topological polar surface area (TPSA) is 145 Å². The average molecular weight is 524 g/mol. The lowest BCUT2D eigenvalue weighted by Crippen LogP contribution is -2.54. The molecule has 2 atom stereocenters. The number of alkyl carbamates (subject to hydrolysis) is 1. The van der Waals surface area contributed by atoms with Crippen LogP contribution in [0.1, 0.15) is 17.5 Å². The van der Waals surface area contributed by atoms with Gasteiger partial charge in [-0.25, -0.2) is 13.2 Å². The van der Waals surface area contributed by atoms with Crippen molar-refractivity contribution in [1.29, 1.82) is 0 Å². The maximum absolute atomic E-state index is 13.1. The number of benzene rings is 3. The van der Waals surface area contributed by atoms with Gasteiger partial charge in [0, 0.05) is 6.42 Å². The molecule has 3 amide bonds. The highest BCUT2D eigenvalue weighted by Crippen LogP contribution is 2.13. The van der Waals surface area contributed by atoms with Crippen LogP contribution in [0.5, 0.6) is 0 Å². The Labute approximate surface area is 215 Å². The van der Waals surface area contributed by atoms with Gasteiger partial charge in [-0.1, -0.05) is 78.9 Å². The Kier molecular flexibility index (Phi) is 9.79. The highest BCUT2D eigenvalue weighted by atomic mass is 32.2. The number of carbonyl (C=O) groups is 3. The number of ether oxygens (including phenoxy) is 1. The van der Waals surface area contributed by atoms with Crippen LogP contribution in [0.2, 0.25) is 0 Å². The number of nitrogens with one attached hydrogen (secondary N) is 2. The van der Waals surface area contributed by atoms with Crippen LogP contribution in [0.15, 0.2) is 95.9 Å². The summed E-state index contributed by atoms with van der Waals surface area (Å²) in [7, 11) is -3.69. The van der Waals surface area contributed by atoms with Gasteiger partial charge in [0.2, 0.25) is 11.8 Å². The third-order valence-corrected chi connectivity index (χ3v) is 7.31. The zero-order valence-electron chi connectivity index (χ0n) is 20.1. The van der Waals surface area contributed by atoms with Crippen molar-refractivity contribution in [3.05, 3.63) is 102 Å². The van der Waals surface area contributed by atoms with Crippen LogP contribution in [0.4, 0.5) is 4.79 Å². The minimum absolute atomic E-state index is 0.00755. The van der Waals surface area contributed by atoms with Gasteiger partial charge in [0.15, 0.2) is 9.84 Å². The van der Waals surface area contributed by atoms with E-state index in [9.17, 15) is 22.8 Å². The molecule has 194 valence electrons. The van der Waals surface area contributed by atoms with Crippen molar-refractivity contribution in [1.82, 2.24) is 10.6 Å². The maximum atomic E-state index is 13.1. The first-order valence-corrected chi connectivity index (χ1v) is 13.3. The molecular weight excluding hydrogens is 494 g/mol. The summed E-state index contributed by atoms with van der Waals surface area (Å²) < 4.78 is 30.5. The summed E-state index contributed by atoms with van der Waals surface area (Å²) in [5.74, 6) is -1.98. The van der Waals surface area contributed by atoms with Crippen molar-refractivity contribution in [3.8, 4) is 0 Å². The van der Waals surface area contributed by atoms with Crippen LogP contribution in [0, 0.1) is 0 Å². The van der Waals surface area contributed by atoms with Gasteiger partial charge in [0.1, 0.15) is 18.7 Å². The summed E-state index contributed by atoms with van der Waals surface area (Å²) >= 11 is 0. The number of carbonyl (C=O) groups excluding carboxylic acids is 3. The van der Waals surface area contributed by atoms with Crippen LogP contribution in [0.3, 0.4) is 0 Å². The molecule has 0 aromatic heterocycles. The maximum Gasteiger partial charge on any atom is 0.408 e. The molecule has 0 fully saturated rings. The molecule has 0 heterocycles. The van der Waals surface area contributed by atoms with Gasteiger partial charge < -0.3 is 21.1 Å². The van der Waals surface area contributed by atoms with E-state index in [1.54, 1.807) is 54.6 Å². The third kappa shape index (κ3) is 8.76. The zero-order valence-corrected chi connectivity index (χ0v) is 20.9. The molecule has 0 unspecified atom stereocenters. The van der Waals surface area contributed by atoms with Gasteiger partial charge in [-0.05, 0) is 29.7 Å². The second-order valence-corrected chi connectivity index (χ2v) is 10.4. The van der Waals surface area contributed by atoms with E-state index in [2.05, 4.69) is 10.6 Å². The Bertz CT molecular complexity index is 1290. The van der Waals surface area contributed by atoms with E-state index in [0.717, 1.165) is 11.1 Å². The Morgan fingerprint density at radius 1 is 0.757 bits per heavy atom. The first kappa shape index (κ1) is 27.4. The van der Waals surface area contributed by atoms with Crippen LogP contribution in [0.25, 0.3) is 0 Å². The van der Waals surface area contributed by atoms with E-state index in [0.29, 0.717) is 0 Å². The highest BCUT2D eigenvalue weighted by molar-refractivity contribution is 7.91. The van der Waals surface area contributed by atoms with Crippen molar-refractivity contribution < 1.29 is 27.5 Å². The molecule has 3 aromatic carbocycles. The predicted octanol–water partition coefficient (Wildman–Crippen LogP) is 2.36. The quantitative estimate of drug-likeness (QED) is 0.332. The lowest BCUT2D eigenvalue weighted by Gasteiger charge is -2.22. The molecule has 37 heavy (non-hydrogen) atoms. The normalized spacial score (nSPS) is 12.6.